The van der Waals surface area contributed by atoms with Crippen molar-refractivity contribution < 1.29 is 13.2 Å². The van der Waals surface area contributed by atoms with Crippen LogP contribution in [0.1, 0.15) is 6.42 Å². The zero-order valence-corrected chi connectivity index (χ0v) is 9.00. The third kappa shape index (κ3) is 2.62. The van der Waals surface area contributed by atoms with E-state index in [0.29, 0.717) is 4.48 Å². The average molecular weight is 306 g/mol. The van der Waals surface area contributed by atoms with Crippen LogP contribution in [0.3, 0.4) is 0 Å². The first-order chi connectivity index (χ1) is 5.39. The van der Waals surface area contributed by atoms with Crippen LogP contribution in [0.4, 0.5) is 13.2 Å². The third-order valence-corrected chi connectivity index (χ3v) is 2.51. The van der Waals surface area contributed by atoms with Gasteiger partial charge in [-0.1, -0.05) is 37.9 Å². The molecule has 12 heavy (non-hydrogen) atoms. The Kier molecular flexibility index (Phi) is 3.04. The molecule has 0 N–H and O–H groups in total. The molecule has 0 saturated carbocycles. The van der Waals surface area contributed by atoms with E-state index in [1.807, 2.05) is 0 Å². The van der Waals surface area contributed by atoms with Crippen molar-refractivity contribution in [2.24, 2.45) is 0 Å². The Balaban J connectivity index is 2.87. The molecule has 0 radical (unpaired) electrons. The van der Waals surface area contributed by atoms with Crippen molar-refractivity contribution in [1.82, 2.24) is 0 Å². The summed E-state index contributed by atoms with van der Waals surface area (Å²) in [5.41, 5.74) is -0.501. The fourth-order valence-corrected chi connectivity index (χ4v) is 2.50. The Morgan fingerprint density at radius 3 is 2.42 bits per heavy atom. The summed E-state index contributed by atoms with van der Waals surface area (Å²) in [4.78, 5) is -0.228. The minimum absolute atomic E-state index is 0.00139. The maximum absolute atomic E-state index is 12.2. The van der Waals surface area contributed by atoms with Crippen molar-refractivity contribution in [2.75, 3.05) is 0 Å². The fraction of sp³-hybridized carbons (Fsp3) is 0.429. The Bertz CT molecular complexity index is 240. The molecule has 0 heterocycles. The van der Waals surface area contributed by atoms with Gasteiger partial charge in [-0.15, -0.1) is 0 Å². The Labute approximate surface area is 84.8 Å². The summed E-state index contributed by atoms with van der Waals surface area (Å²) in [6.45, 7) is 0. The highest BCUT2D eigenvalue weighted by Gasteiger charge is 2.35. The second kappa shape index (κ2) is 3.54. The number of rotatable bonds is 0. The first-order valence-electron chi connectivity index (χ1n) is 3.19. The number of allylic oxidation sites excluding steroid dienone is 4. The number of hydrogen-bond acceptors (Lipinski definition) is 0. The summed E-state index contributed by atoms with van der Waals surface area (Å²) >= 11 is 6.13. The Morgan fingerprint density at radius 1 is 1.42 bits per heavy atom. The maximum Gasteiger partial charge on any atom is 0.412 e. The van der Waals surface area contributed by atoms with E-state index in [2.05, 4.69) is 31.9 Å². The van der Waals surface area contributed by atoms with E-state index in [1.165, 1.54) is 0 Å². The van der Waals surface area contributed by atoms with E-state index >= 15 is 0 Å². The lowest BCUT2D eigenvalue weighted by molar-refractivity contribution is -0.0939. The highest BCUT2D eigenvalue weighted by molar-refractivity contribution is 9.12. The molecule has 1 rings (SSSR count). The van der Waals surface area contributed by atoms with Gasteiger partial charge in [0.25, 0.3) is 0 Å². The van der Waals surface area contributed by atoms with Gasteiger partial charge in [-0.2, -0.15) is 13.2 Å². The van der Waals surface area contributed by atoms with Gasteiger partial charge in [0, 0.05) is 14.9 Å². The van der Waals surface area contributed by atoms with Crippen LogP contribution in [0, 0.1) is 0 Å². The molecule has 0 bridgehead atoms. The zero-order valence-electron chi connectivity index (χ0n) is 5.83. The van der Waals surface area contributed by atoms with Gasteiger partial charge < -0.3 is 0 Å². The van der Waals surface area contributed by atoms with E-state index in [1.54, 1.807) is 6.08 Å². The predicted octanol–water partition coefficient (Wildman–Crippen LogP) is 3.92. The molecule has 5 heteroatoms. The van der Waals surface area contributed by atoms with Crippen LogP contribution >= 0.6 is 31.9 Å². The summed E-state index contributed by atoms with van der Waals surface area (Å²) < 4.78 is 36.9. The minimum Gasteiger partial charge on any atom is -0.166 e. The Morgan fingerprint density at radius 2 is 2.00 bits per heavy atom. The molecular weight excluding hydrogens is 301 g/mol. The average Bonchev–Trinajstić information content (AvgIpc) is 1.82. The molecule has 0 fully saturated rings. The number of hydrogen-bond donors (Lipinski definition) is 0. The molecule has 0 nitrogen and oxygen atoms in total. The fourth-order valence-electron chi connectivity index (χ4n) is 0.913. The first kappa shape index (κ1) is 10.3. The molecular formula is C7H5Br2F3. The van der Waals surface area contributed by atoms with Gasteiger partial charge in [0.1, 0.15) is 0 Å². The summed E-state index contributed by atoms with van der Waals surface area (Å²) in [6, 6.07) is 0. The van der Waals surface area contributed by atoms with Crippen molar-refractivity contribution in [3.8, 4) is 0 Å². The minimum atomic E-state index is -4.21. The largest absolute Gasteiger partial charge is 0.412 e. The molecule has 0 aromatic carbocycles. The topological polar surface area (TPSA) is 0 Å². The van der Waals surface area contributed by atoms with E-state index < -0.39 is 11.7 Å². The molecule has 0 amide bonds. The second-order valence-corrected chi connectivity index (χ2v) is 4.53. The van der Waals surface area contributed by atoms with Gasteiger partial charge in [0.2, 0.25) is 0 Å². The van der Waals surface area contributed by atoms with Crippen LogP contribution in [0.2, 0.25) is 0 Å². The van der Waals surface area contributed by atoms with Crippen LogP contribution in [-0.4, -0.2) is 11.0 Å². The molecule has 1 atom stereocenters. The van der Waals surface area contributed by atoms with Crippen LogP contribution < -0.4 is 0 Å². The number of halogens is 5. The first-order valence-corrected chi connectivity index (χ1v) is 4.89. The van der Waals surface area contributed by atoms with Gasteiger partial charge >= 0.3 is 6.18 Å². The van der Waals surface area contributed by atoms with Crippen molar-refractivity contribution in [1.29, 1.82) is 0 Å². The van der Waals surface area contributed by atoms with Crippen molar-refractivity contribution in [3.05, 3.63) is 22.2 Å². The zero-order chi connectivity index (χ0) is 9.35. The van der Waals surface area contributed by atoms with Gasteiger partial charge in [0.15, 0.2) is 0 Å². The maximum atomic E-state index is 12.2. The summed E-state index contributed by atoms with van der Waals surface area (Å²) in [6.07, 6.45) is -1.41. The van der Waals surface area contributed by atoms with E-state index in [-0.39, 0.29) is 11.2 Å². The second-order valence-electron chi connectivity index (χ2n) is 2.44. The standard InChI is InChI=1S/C7H5Br2F3/c8-5-1-4(7(10,11)12)2-6(9)3-5/h1,3,6H,2H2. The summed E-state index contributed by atoms with van der Waals surface area (Å²) in [5.74, 6) is 0. The van der Waals surface area contributed by atoms with Gasteiger partial charge in [-0.3, -0.25) is 0 Å². The lowest BCUT2D eigenvalue weighted by Gasteiger charge is -2.17. The highest BCUT2D eigenvalue weighted by atomic mass is 79.9. The molecule has 1 unspecified atom stereocenters. The van der Waals surface area contributed by atoms with Crippen molar-refractivity contribution in [2.45, 2.75) is 17.4 Å². The van der Waals surface area contributed by atoms with Gasteiger partial charge in [-0.25, -0.2) is 0 Å². The van der Waals surface area contributed by atoms with E-state index in [0.717, 1.165) is 6.08 Å². The van der Waals surface area contributed by atoms with E-state index in [9.17, 15) is 13.2 Å². The monoisotopic (exact) mass is 304 g/mol. The van der Waals surface area contributed by atoms with Crippen molar-refractivity contribution in [3.63, 3.8) is 0 Å². The van der Waals surface area contributed by atoms with Crippen LogP contribution in [0.25, 0.3) is 0 Å². The van der Waals surface area contributed by atoms with Crippen LogP contribution in [0.5, 0.6) is 0 Å². The molecule has 1 aliphatic carbocycles. The molecule has 0 spiro atoms. The third-order valence-electron chi connectivity index (χ3n) is 1.43. The molecule has 0 saturated heterocycles. The summed E-state index contributed by atoms with van der Waals surface area (Å²) in [5, 5.41) is 0. The normalized spacial score (nSPS) is 24.9. The Hall–Kier alpha value is 0.230. The quantitative estimate of drug-likeness (QED) is 0.595. The van der Waals surface area contributed by atoms with Gasteiger partial charge in [-0.05, 0) is 12.5 Å². The molecule has 68 valence electrons. The lowest BCUT2D eigenvalue weighted by atomic mass is 10.1. The predicted molar refractivity (Wildman–Crippen MR) is 48.5 cm³/mol. The molecule has 0 aromatic rings. The van der Waals surface area contributed by atoms with Gasteiger partial charge in [0.05, 0.1) is 0 Å². The number of alkyl halides is 4. The molecule has 1 aliphatic rings. The van der Waals surface area contributed by atoms with Crippen LogP contribution in [-0.2, 0) is 0 Å². The molecule has 0 aromatic heterocycles. The van der Waals surface area contributed by atoms with Crippen LogP contribution in [0.15, 0.2) is 22.2 Å². The van der Waals surface area contributed by atoms with E-state index in [4.69, 9.17) is 0 Å². The lowest BCUT2D eigenvalue weighted by Crippen LogP contribution is -2.17. The van der Waals surface area contributed by atoms with Crippen molar-refractivity contribution >= 4 is 31.9 Å². The molecule has 0 aliphatic heterocycles. The highest BCUT2D eigenvalue weighted by Crippen LogP contribution is 2.36. The smallest absolute Gasteiger partial charge is 0.166 e. The summed E-state index contributed by atoms with van der Waals surface area (Å²) in [7, 11) is 0. The SMILES string of the molecule is FC(F)(F)C1=CC(Br)=CC(Br)C1.